The fourth-order valence-corrected chi connectivity index (χ4v) is 4.01. The van der Waals surface area contributed by atoms with E-state index in [0.29, 0.717) is 21.6 Å². The van der Waals surface area contributed by atoms with Gasteiger partial charge in [-0.2, -0.15) is 5.10 Å². The second kappa shape index (κ2) is 9.97. The molecule has 0 atom stereocenters. The second-order valence-electron chi connectivity index (χ2n) is 7.04. The quantitative estimate of drug-likeness (QED) is 0.272. The second-order valence-corrected chi connectivity index (χ2v) is 8.01. The molecule has 1 N–H and O–H groups in total. The van der Waals surface area contributed by atoms with E-state index in [1.165, 1.54) is 18.0 Å². The lowest BCUT2D eigenvalue weighted by atomic mass is 10.2. The van der Waals surface area contributed by atoms with Crippen molar-refractivity contribution in [2.75, 3.05) is 0 Å². The number of carbonyl (C=O) groups is 1. The van der Waals surface area contributed by atoms with E-state index in [-0.39, 0.29) is 5.91 Å². The predicted octanol–water partition coefficient (Wildman–Crippen LogP) is 4.84. The molecular weight excluding hydrogens is 448 g/mol. The molecule has 0 radical (unpaired) electrons. The van der Waals surface area contributed by atoms with E-state index < -0.39 is 0 Å². The van der Waals surface area contributed by atoms with Gasteiger partial charge in [-0.15, -0.1) is 10.2 Å². The van der Waals surface area contributed by atoms with Gasteiger partial charge in [0.2, 0.25) is 5.16 Å². The highest BCUT2D eigenvalue weighted by molar-refractivity contribution is 7.99. The van der Waals surface area contributed by atoms with E-state index in [9.17, 15) is 4.79 Å². The molecule has 166 valence electrons. The lowest BCUT2D eigenvalue weighted by Crippen LogP contribution is -2.17. The smallest absolute Gasteiger partial charge is 0.271 e. The summed E-state index contributed by atoms with van der Waals surface area (Å²) in [6.45, 7) is 0. The topological polar surface area (TPSA) is 98.2 Å². The number of furan rings is 1. The van der Waals surface area contributed by atoms with Crippen LogP contribution in [0.25, 0.3) is 17.1 Å². The number of para-hydroxylation sites is 1. The van der Waals surface area contributed by atoms with Gasteiger partial charge in [-0.05, 0) is 48.2 Å². The molecule has 0 spiro atoms. The van der Waals surface area contributed by atoms with E-state index in [1.54, 1.807) is 30.6 Å². The van der Waals surface area contributed by atoms with E-state index in [0.717, 1.165) is 17.1 Å². The maximum absolute atomic E-state index is 12.1. The summed E-state index contributed by atoms with van der Waals surface area (Å²) in [5.41, 5.74) is 4.84. The van der Waals surface area contributed by atoms with E-state index >= 15 is 0 Å². The Morgan fingerprint density at radius 1 is 0.912 bits per heavy atom. The zero-order valence-corrected chi connectivity index (χ0v) is 18.6. The highest BCUT2D eigenvalue weighted by Crippen LogP contribution is 2.32. The Bertz CT molecular complexity index is 1420. The molecule has 0 saturated heterocycles. The summed E-state index contributed by atoms with van der Waals surface area (Å²) in [5, 5.41) is 14.1. The zero-order valence-electron chi connectivity index (χ0n) is 17.8. The van der Waals surface area contributed by atoms with Crippen LogP contribution in [0.5, 0.6) is 0 Å². The summed E-state index contributed by atoms with van der Waals surface area (Å²) in [6, 6.07) is 26.6. The molecule has 2 aromatic carbocycles. The first-order chi connectivity index (χ1) is 16.8. The average molecular weight is 467 g/mol. The third-order valence-corrected chi connectivity index (χ3v) is 5.64. The van der Waals surface area contributed by atoms with Crippen LogP contribution in [0.3, 0.4) is 0 Å². The Labute approximate surface area is 199 Å². The summed E-state index contributed by atoms with van der Waals surface area (Å²) in [7, 11) is 0. The Morgan fingerprint density at radius 3 is 2.41 bits per heavy atom. The average Bonchev–Trinajstić information content (AvgIpc) is 3.53. The lowest BCUT2D eigenvalue weighted by molar-refractivity contribution is 0.0955. The van der Waals surface area contributed by atoms with Gasteiger partial charge >= 0.3 is 0 Å². The molecule has 0 aliphatic carbocycles. The van der Waals surface area contributed by atoms with Crippen molar-refractivity contribution in [3.8, 4) is 17.1 Å². The molecule has 8 nitrogen and oxygen atoms in total. The summed E-state index contributed by atoms with van der Waals surface area (Å²) in [6.07, 6.45) is 4.54. The Kier molecular flexibility index (Phi) is 6.26. The van der Waals surface area contributed by atoms with E-state index in [2.05, 4.69) is 25.7 Å². The Morgan fingerprint density at radius 2 is 1.65 bits per heavy atom. The molecule has 3 heterocycles. The summed E-state index contributed by atoms with van der Waals surface area (Å²) >= 11 is 1.35. The van der Waals surface area contributed by atoms with E-state index in [1.807, 2.05) is 71.3 Å². The number of rotatable bonds is 7. The SMILES string of the molecule is O=C(NN=Cc1ccc(Sc2nnc(-c3ccccc3)n2-c2ccccc2)o1)c1ccncc1. The van der Waals surface area contributed by atoms with Crippen molar-refractivity contribution in [1.82, 2.24) is 25.2 Å². The third-order valence-electron chi connectivity index (χ3n) is 4.77. The van der Waals surface area contributed by atoms with Crippen molar-refractivity contribution in [3.05, 3.63) is 109 Å². The first-order valence-corrected chi connectivity index (χ1v) is 11.2. The van der Waals surface area contributed by atoms with Crippen LogP contribution in [0.4, 0.5) is 0 Å². The number of pyridine rings is 1. The van der Waals surface area contributed by atoms with Crippen molar-refractivity contribution in [2.45, 2.75) is 10.2 Å². The number of hydrogen-bond acceptors (Lipinski definition) is 7. The number of nitrogens with zero attached hydrogens (tertiary/aromatic N) is 5. The fraction of sp³-hybridized carbons (Fsp3) is 0. The molecule has 9 heteroatoms. The minimum atomic E-state index is -0.329. The normalized spacial score (nSPS) is 11.1. The van der Waals surface area contributed by atoms with Crippen LogP contribution in [0, 0.1) is 0 Å². The molecule has 5 aromatic rings. The maximum Gasteiger partial charge on any atom is 0.271 e. The summed E-state index contributed by atoms with van der Waals surface area (Å²) in [5.74, 6) is 0.900. The first-order valence-electron chi connectivity index (χ1n) is 10.4. The molecule has 0 bridgehead atoms. The number of carbonyl (C=O) groups excluding carboxylic acids is 1. The van der Waals surface area contributed by atoms with Crippen molar-refractivity contribution in [2.24, 2.45) is 5.10 Å². The molecule has 34 heavy (non-hydrogen) atoms. The number of benzene rings is 2. The predicted molar refractivity (Wildman–Crippen MR) is 129 cm³/mol. The number of amides is 1. The largest absolute Gasteiger partial charge is 0.448 e. The maximum atomic E-state index is 12.1. The van der Waals surface area contributed by atoms with E-state index in [4.69, 9.17) is 4.42 Å². The van der Waals surface area contributed by atoms with Crippen LogP contribution in [0.15, 0.2) is 117 Å². The number of aromatic nitrogens is 4. The Hall–Kier alpha value is -4.50. The van der Waals surface area contributed by atoms with Crippen LogP contribution in [0.1, 0.15) is 16.1 Å². The van der Waals surface area contributed by atoms with Crippen LogP contribution < -0.4 is 5.43 Å². The highest BCUT2D eigenvalue weighted by atomic mass is 32.2. The highest BCUT2D eigenvalue weighted by Gasteiger charge is 2.18. The van der Waals surface area contributed by atoms with Crippen molar-refractivity contribution >= 4 is 23.9 Å². The van der Waals surface area contributed by atoms with Crippen molar-refractivity contribution in [3.63, 3.8) is 0 Å². The molecule has 3 aromatic heterocycles. The summed E-state index contributed by atoms with van der Waals surface area (Å²) < 4.78 is 7.84. The molecule has 0 aliphatic rings. The molecule has 0 saturated carbocycles. The molecule has 0 fully saturated rings. The van der Waals surface area contributed by atoms with Gasteiger partial charge in [-0.25, -0.2) is 5.43 Å². The standard InChI is InChI=1S/C25H18N6O2S/c32-24(19-13-15-26-16-14-19)29-27-17-21-11-12-22(33-21)34-25-30-28-23(18-7-3-1-4-8-18)31(25)20-9-5-2-6-10-20/h1-17H,(H,29,32). The minimum Gasteiger partial charge on any atom is -0.448 e. The number of hydrazone groups is 1. The van der Waals surface area contributed by atoms with Crippen molar-refractivity contribution in [1.29, 1.82) is 0 Å². The summed E-state index contributed by atoms with van der Waals surface area (Å²) in [4.78, 5) is 16.0. The van der Waals surface area contributed by atoms with Gasteiger partial charge in [0.1, 0.15) is 5.76 Å². The van der Waals surface area contributed by atoms with Gasteiger partial charge in [0.25, 0.3) is 5.91 Å². The van der Waals surface area contributed by atoms with Gasteiger partial charge in [-0.1, -0.05) is 48.5 Å². The monoisotopic (exact) mass is 466 g/mol. The van der Waals surface area contributed by atoms with Crippen LogP contribution in [0.2, 0.25) is 0 Å². The number of hydrogen-bond donors (Lipinski definition) is 1. The van der Waals surface area contributed by atoms with Crippen LogP contribution >= 0.6 is 11.8 Å². The fourth-order valence-electron chi connectivity index (χ4n) is 3.19. The number of nitrogens with one attached hydrogen (secondary N) is 1. The van der Waals surface area contributed by atoms with Gasteiger partial charge < -0.3 is 4.42 Å². The molecular formula is C25H18N6O2S. The van der Waals surface area contributed by atoms with Crippen LogP contribution in [-0.2, 0) is 0 Å². The van der Waals surface area contributed by atoms with Crippen molar-refractivity contribution < 1.29 is 9.21 Å². The molecule has 0 aliphatic heterocycles. The molecule has 5 rings (SSSR count). The van der Waals surface area contributed by atoms with Crippen LogP contribution in [-0.4, -0.2) is 31.9 Å². The van der Waals surface area contributed by atoms with Gasteiger partial charge in [0, 0.05) is 29.2 Å². The molecule has 1 amide bonds. The zero-order chi connectivity index (χ0) is 23.2. The lowest BCUT2D eigenvalue weighted by Gasteiger charge is -2.09. The van der Waals surface area contributed by atoms with Gasteiger partial charge in [0.15, 0.2) is 10.9 Å². The molecule has 0 unspecified atom stereocenters. The van der Waals surface area contributed by atoms with Gasteiger partial charge in [-0.3, -0.25) is 14.3 Å². The first kappa shape index (κ1) is 21.4. The van der Waals surface area contributed by atoms with Gasteiger partial charge in [0.05, 0.1) is 6.21 Å². The minimum absolute atomic E-state index is 0.329. The third kappa shape index (κ3) is 4.79. The Balaban J connectivity index is 1.35.